The molecule has 29 heavy (non-hydrogen) atoms. The highest BCUT2D eigenvalue weighted by molar-refractivity contribution is 6.00. The van der Waals surface area contributed by atoms with Crippen molar-refractivity contribution >= 4 is 11.7 Å². The van der Waals surface area contributed by atoms with Crippen LogP contribution in [0.5, 0.6) is 0 Å². The maximum absolute atomic E-state index is 13.2. The van der Waals surface area contributed by atoms with E-state index in [2.05, 4.69) is 20.4 Å². The molecule has 0 radical (unpaired) electrons. The van der Waals surface area contributed by atoms with Crippen molar-refractivity contribution in [1.82, 2.24) is 19.7 Å². The Morgan fingerprint density at radius 3 is 2.66 bits per heavy atom. The van der Waals surface area contributed by atoms with Crippen molar-refractivity contribution in [3.8, 4) is 0 Å². The van der Waals surface area contributed by atoms with E-state index in [1.807, 2.05) is 0 Å². The number of hydrogen-bond acceptors (Lipinski definition) is 6. The number of hydrogen-bond donors (Lipinski definition) is 1. The van der Waals surface area contributed by atoms with E-state index in [-0.39, 0.29) is 24.1 Å². The third kappa shape index (κ3) is 2.91. The lowest BCUT2D eigenvalue weighted by Crippen LogP contribution is -2.33. The van der Waals surface area contributed by atoms with E-state index < -0.39 is 18.0 Å². The number of alkyl halides is 3. The lowest BCUT2D eigenvalue weighted by atomic mass is 9.80. The zero-order valence-electron chi connectivity index (χ0n) is 14.8. The molecule has 0 amide bonds. The molecular weight excluding hydrogens is 387 g/mol. The Bertz CT molecular complexity index is 1100. The van der Waals surface area contributed by atoms with E-state index in [0.29, 0.717) is 29.0 Å². The Morgan fingerprint density at radius 2 is 1.97 bits per heavy atom. The van der Waals surface area contributed by atoms with Crippen LogP contribution in [-0.4, -0.2) is 25.5 Å². The maximum atomic E-state index is 13.2. The van der Waals surface area contributed by atoms with E-state index in [1.54, 1.807) is 24.3 Å². The smallest absolute Gasteiger partial charge is 0.453 e. The Labute approximate surface area is 162 Å². The number of nitrogens with one attached hydrogen (secondary N) is 1. The normalized spacial score (nSPS) is 21.6. The fraction of sp³-hybridized carbons (Fsp3) is 0.263. The summed E-state index contributed by atoms with van der Waals surface area (Å²) in [6.45, 7) is 0. The van der Waals surface area contributed by atoms with Crippen LogP contribution in [0.25, 0.3) is 0 Å². The van der Waals surface area contributed by atoms with Crippen molar-refractivity contribution in [1.29, 1.82) is 0 Å². The molecule has 7 nitrogen and oxygen atoms in total. The summed E-state index contributed by atoms with van der Waals surface area (Å²) < 4.78 is 46.3. The quantitative estimate of drug-likeness (QED) is 0.705. The number of halogens is 3. The molecule has 3 aromatic rings. The predicted molar refractivity (Wildman–Crippen MR) is 93.7 cm³/mol. The van der Waals surface area contributed by atoms with Crippen molar-refractivity contribution in [2.45, 2.75) is 31.0 Å². The van der Waals surface area contributed by atoms with Gasteiger partial charge in [-0.2, -0.15) is 18.2 Å². The third-order valence-electron chi connectivity index (χ3n) is 5.14. The molecule has 0 bridgehead atoms. The zero-order valence-corrected chi connectivity index (χ0v) is 14.8. The standard InChI is InChI=1S/C19H14F3N5O2/c20-19(21,22)17-25-18-24-12-8-11(14-2-1-7-29-14)9-13(28)15(12)16(27(18)26-17)10-3-5-23-6-4-10/h1-7,11,16H,8-9H2,(H,24,25,26)/t11-,16+/m0/s1. The average Bonchev–Trinajstić information content (AvgIpc) is 3.36. The molecule has 4 heterocycles. The van der Waals surface area contributed by atoms with Gasteiger partial charge < -0.3 is 9.73 Å². The number of nitrogens with zero attached hydrogens (tertiary/aromatic N) is 4. The molecular formula is C19H14F3N5O2. The van der Waals surface area contributed by atoms with Gasteiger partial charge in [0.2, 0.25) is 5.95 Å². The first-order valence-corrected chi connectivity index (χ1v) is 8.92. The Balaban J connectivity index is 1.64. The van der Waals surface area contributed by atoms with Gasteiger partial charge in [-0.1, -0.05) is 0 Å². The van der Waals surface area contributed by atoms with Gasteiger partial charge in [0.15, 0.2) is 5.78 Å². The van der Waals surface area contributed by atoms with E-state index in [0.717, 1.165) is 4.68 Å². The molecule has 2 aliphatic rings. The highest BCUT2D eigenvalue weighted by atomic mass is 19.4. The van der Waals surface area contributed by atoms with Crippen LogP contribution in [-0.2, 0) is 11.0 Å². The minimum absolute atomic E-state index is 0.0502. The van der Waals surface area contributed by atoms with Crippen LogP contribution in [0.3, 0.4) is 0 Å². The first-order chi connectivity index (χ1) is 13.9. The summed E-state index contributed by atoms with van der Waals surface area (Å²) in [6.07, 6.45) is 0.506. The monoisotopic (exact) mass is 401 g/mol. The van der Waals surface area contributed by atoms with Gasteiger partial charge in [0.1, 0.15) is 11.8 Å². The number of rotatable bonds is 2. The molecule has 10 heteroatoms. The van der Waals surface area contributed by atoms with E-state index in [9.17, 15) is 18.0 Å². The molecule has 0 aromatic carbocycles. The third-order valence-corrected chi connectivity index (χ3v) is 5.14. The summed E-state index contributed by atoms with van der Waals surface area (Å²) in [4.78, 5) is 20.7. The van der Waals surface area contributed by atoms with Gasteiger partial charge in [-0.05, 0) is 36.2 Å². The van der Waals surface area contributed by atoms with E-state index in [1.165, 1.54) is 18.7 Å². The molecule has 0 saturated heterocycles. The van der Waals surface area contributed by atoms with Crippen LogP contribution in [0.15, 0.2) is 58.6 Å². The van der Waals surface area contributed by atoms with Crippen molar-refractivity contribution < 1.29 is 22.4 Å². The van der Waals surface area contributed by atoms with Gasteiger partial charge in [-0.3, -0.25) is 9.78 Å². The fourth-order valence-corrected chi connectivity index (χ4v) is 3.91. The number of fused-ring (bicyclic) bond motifs is 1. The average molecular weight is 401 g/mol. The van der Waals surface area contributed by atoms with Gasteiger partial charge in [0.25, 0.3) is 5.82 Å². The Hall–Kier alpha value is -3.43. The fourth-order valence-electron chi connectivity index (χ4n) is 3.91. The Kier molecular flexibility index (Phi) is 3.83. The molecule has 1 aliphatic heterocycles. The highest BCUT2D eigenvalue weighted by Crippen LogP contribution is 2.44. The number of carbonyl (C=O) groups excluding carboxylic acids is 1. The molecule has 0 spiro atoms. The van der Waals surface area contributed by atoms with Gasteiger partial charge in [-0.25, -0.2) is 4.68 Å². The molecule has 1 aliphatic carbocycles. The Morgan fingerprint density at radius 1 is 1.17 bits per heavy atom. The van der Waals surface area contributed by atoms with E-state index >= 15 is 0 Å². The van der Waals surface area contributed by atoms with Crippen LogP contribution in [0.2, 0.25) is 0 Å². The number of Topliss-reactive ketones (excluding diaryl/α,β-unsaturated/α-hetero) is 1. The molecule has 0 fully saturated rings. The van der Waals surface area contributed by atoms with Gasteiger partial charge in [0, 0.05) is 36.0 Å². The molecule has 0 unspecified atom stereocenters. The van der Waals surface area contributed by atoms with Gasteiger partial charge >= 0.3 is 6.18 Å². The predicted octanol–water partition coefficient (Wildman–Crippen LogP) is 3.70. The highest BCUT2D eigenvalue weighted by Gasteiger charge is 2.43. The zero-order chi connectivity index (χ0) is 20.2. The van der Waals surface area contributed by atoms with Crippen LogP contribution in [0, 0.1) is 0 Å². The summed E-state index contributed by atoms with van der Waals surface area (Å²) in [6, 6.07) is 6.04. The summed E-state index contributed by atoms with van der Waals surface area (Å²) >= 11 is 0. The SMILES string of the molecule is O=C1C[C@@H](c2ccco2)CC2=C1[C@@H](c1ccncc1)n1nc(C(F)(F)F)nc1N2. The molecule has 148 valence electrons. The second kappa shape index (κ2) is 6.29. The summed E-state index contributed by atoms with van der Waals surface area (Å²) in [5, 5.41) is 6.57. The molecule has 5 rings (SSSR count). The second-order valence-corrected chi connectivity index (χ2v) is 6.95. The second-order valence-electron chi connectivity index (χ2n) is 6.95. The number of aromatic nitrogens is 4. The minimum Gasteiger partial charge on any atom is -0.469 e. The topological polar surface area (TPSA) is 85.8 Å². The molecule has 2 atom stereocenters. The molecule has 1 N–H and O–H groups in total. The lowest BCUT2D eigenvalue weighted by Gasteiger charge is -2.34. The van der Waals surface area contributed by atoms with Crippen LogP contribution < -0.4 is 5.32 Å². The van der Waals surface area contributed by atoms with Crippen molar-refractivity contribution in [2.75, 3.05) is 5.32 Å². The van der Waals surface area contributed by atoms with Crippen molar-refractivity contribution in [3.05, 3.63) is 71.3 Å². The molecule has 3 aromatic heterocycles. The number of ketones is 1. The van der Waals surface area contributed by atoms with Gasteiger partial charge in [0.05, 0.1) is 6.26 Å². The lowest BCUT2D eigenvalue weighted by molar-refractivity contribution is -0.145. The van der Waals surface area contributed by atoms with Crippen molar-refractivity contribution in [3.63, 3.8) is 0 Å². The summed E-state index contributed by atoms with van der Waals surface area (Å²) in [7, 11) is 0. The van der Waals surface area contributed by atoms with Crippen LogP contribution in [0.4, 0.5) is 19.1 Å². The number of pyridine rings is 1. The van der Waals surface area contributed by atoms with Crippen LogP contribution >= 0.6 is 0 Å². The number of furan rings is 1. The largest absolute Gasteiger partial charge is 0.469 e. The summed E-state index contributed by atoms with van der Waals surface area (Å²) in [5.74, 6) is -1.01. The summed E-state index contributed by atoms with van der Waals surface area (Å²) in [5.41, 5.74) is 1.54. The maximum Gasteiger partial charge on any atom is 0.453 e. The van der Waals surface area contributed by atoms with Gasteiger partial charge in [-0.15, -0.1) is 5.10 Å². The van der Waals surface area contributed by atoms with Crippen molar-refractivity contribution in [2.24, 2.45) is 0 Å². The first kappa shape index (κ1) is 17.7. The first-order valence-electron chi connectivity index (χ1n) is 8.92. The minimum atomic E-state index is -4.70. The molecule has 0 saturated carbocycles. The van der Waals surface area contributed by atoms with E-state index in [4.69, 9.17) is 4.42 Å². The number of carbonyl (C=O) groups is 1. The number of allylic oxidation sites excluding steroid dienone is 2. The van der Waals surface area contributed by atoms with Crippen LogP contribution in [0.1, 0.15) is 41.9 Å². The number of anilines is 1.